The van der Waals surface area contributed by atoms with Gasteiger partial charge in [-0.25, -0.2) is 9.97 Å². The highest BCUT2D eigenvalue weighted by Gasteiger charge is 2.36. The summed E-state index contributed by atoms with van der Waals surface area (Å²) >= 11 is 2.38. The van der Waals surface area contributed by atoms with E-state index in [1.54, 1.807) is 17.5 Å². The van der Waals surface area contributed by atoms with E-state index in [1.165, 1.54) is 17.4 Å². The molecule has 3 aromatic heterocycles. The van der Waals surface area contributed by atoms with Gasteiger partial charge in [-0.15, -0.1) is 22.7 Å². The summed E-state index contributed by atoms with van der Waals surface area (Å²) in [6.45, 7) is 1.82. The molecule has 0 unspecified atom stereocenters. The molecule has 3 nitrogen and oxygen atoms in total. The van der Waals surface area contributed by atoms with Crippen LogP contribution in [0.1, 0.15) is 26.1 Å². The van der Waals surface area contributed by atoms with Crippen molar-refractivity contribution in [3.05, 3.63) is 44.9 Å². The lowest BCUT2D eigenvalue weighted by atomic mass is 10.2. The standard InChI is InChI=1S/C13H7F3N2OS2/c1-6-2-3-8(21-6)10(19)9-11-7(4-5-20-11)17-12(18-9)13(14,15)16/h2-5H,1H3. The van der Waals surface area contributed by atoms with Gasteiger partial charge in [0.15, 0.2) is 0 Å². The molecule has 0 atom stereocenters. The largest absolute Gasteiger partial charge is 0.451 e. The molecule has 0 aliphatic heterocycles. The average molecular weight is 328 g/mol. The Morgan fingerprint density at radius 2 is 1.95 bits per heavy atom. The van der Waals surface area contributed by atoms with Crippen LogP contribution in [0.3, 0.4) is 0 Å². The topological polar surface area (TPSA) is 42.9 Å². The van der Waals surface area contributed by atoms with E-state index in [4.69, 9.17) is 0 Å². The Morgan fingerprint density at radius 1 is 1.19 bits per heavy atom. The van der Waals surface area contributed by atoms with Gasteiger partial charge in [0.2, 0.25) is 11.6 Å². The van der Waals surface area contributed by atoms with Crippen LogP contribution in [0, 0.1) is 6.92 Å². The van der Waals surface area contributed by atoms with Crippen LogP contribution in [0.4, 0.5) is 13.2 Å². The molecule has 0 radical (unpaired) electrons. The van der Waals surface area contributed by atoms with Gasteiger partial charge in [-0.2, -0.15) is 13.2 Å². The number of halogens is 3. The molecule has 0 bridgehead atoms. The monoisotopic (exact) mass is 328 g/mol. The zero-order valence-electron chi connectivity index (χ0n) is 10.6. The number of aryl methyl sites for hydroxylation is 1. The van der Waals surface area contributed by atoms with Gasteiger partial charge in [0.1, 0.15) is 5.69 Å². The number of carbonyl (C=O) groups is 1. The van der Waals surface area contributed by atoms with Crippen LogP contribution in [-0.4, -0.2) is 15.8 Å². The fourth-order valence-corrected chi connectivity index (χ4v) is 3.44. The number of rotatable bonds is 2. The van der Waals surface area contributed by atoms with Gasteiger partial charge in [0, 0.05) is 4.88 Å². The van der Waals surface area contributed by atoms with Crippen molar-refractivity contribution < 1.29 is 18.0 Å². The Labute approximate surface area is 125 Å². The summed E-state index contributed by atoms with van der Waals surface area (Å²) < 4.78 is 38.9. The van der Waals surface area contributed by atoms with E-state index in [0.717, 1.165) is 16.2 Å². The first-order valence-corrected chi connectivity index (χ1v) is 7.49. The average Bonchev–Trinajstić information content (AvgIpc) is 3.03. The SMILES string of the molecule is Cc1ccc(C(=O)c2nc(C(F)(F)F)nc3ccsc23)s1. The van der Waals surface area contributed by atoms with Gasteiger partial charge in [0.25, 0.3) is 0 Å². The molecule has 108 valence electrons. The summed E-state index contributed by atoms with van der Waals surface area (Å²) in [4.78, 5) is 20.6. The number of ketones is 1. The van der Waals surface area contributed by atoms with Crippen LogP contribution < -0.4 is 0 Å². The molecule has 3 rings (SSSR count). The molecular weight excluding hydrogens is 321 g/mol. The van der Waals surface area contributed by atoms with E-state index in [0.29, 0.717) is 9.58 Å². The van der Waals surface area contributed by atoms with Crippen molar-refractivity contribution in [1.82, 2.24) is 9.97 Å². The van der Waals surface area contributed by atoms with Gasteiger partial charge >= 0.3 is 6.18 Å². The normalized spacial score (nSPS) is 12.0. The minimum Gasteiger partial charge on any atom is -0.286 e. The molecular formula is C13H7F3N2OS2. The van der Waals surface area contributed by atoms with E-state index in [2.05, 4.69) is 9.97 Å². The Kier molecular flexibility index (Phi) is 3.29. The van der Waals surface area contributed by atoms with E-state index < -0.39 is 17.8 Å². The van der Waals surface area contributed by atoms with Gasteiger partial charge < -0.3 is 0 Å². The lowest BCUT2D eigenvalue weighted by Crippen LogP contribution is -2.14. The highest BCUT2D eigenvalue weighted by molar-refractivity contribution is 7.18. The molecule has 8 heteroatoms. The lowest BCUT2D eigenvalue weighted by molar-refractivity contribution is -0.144. The Bertz CT molecular complexity index is 835. The van der Waals surface area contributed by atoms with Crippen molar-refractivity contribution in [2.45, 2.75) is 13.1 Å². The number of aromatic nitrogens is 2. The first kappa shape index (κ1) is 14.2. The Hall–Kier alpha value is -1.80. The molecule has 3 aromatic rings. The number of nitrogens with zero attached hydrogens (tertiary/aromatic N) is 2. The molecule has 0 aromatic carbocycles. The molecule has 0 aliphatic carbocycles. The van der Waals surface area contributed by atoms with Crippen LogP contribution in [0.15, 0.2) is 23.6 Å². The zero-order valence-corrected chi connectivity index (χ0v) is 12.2. The fraction of sp³-hybridized carbons (Fsp3) is 0.154. The number of carbonyl (C=O) groups excluding carboxylic acids is 1. The molecule has 0 N–H and O–H groups in total. The molecule has 0 fully saturated rings. The lowest BCUT2D eigenvalue weighted by Gasteiger charge is -2.07. The van der Waals surface area contributed by atoms with E-state index >= 15 is 0 Å². The van der Waals surface area contributed by atoms with Gasteiger partial charge in [0.05, 0.1) is 15.1 Å². The molecule has 0 saturated heterocycles. The van der Waals surface area contributed by atoms with Crippen molar-refractivity contribution in [1.29, 1.82) is 0 Å². The quantitative estimate of drug-likeness (QED) is 0.658. The summed E-state index contributed by atoms with van der Waals surface area (Å²) in [6, 6.07) is 4.79. The highest BCUT2D eigenvalue weighted by atomic mass is 32.1. The second-order valence-electron chi connectivity index (χ2n) is 4.27. The number of fused-ring (bicyclic) bond motifs is 1. The minimum absolute atomic E-state index is 0.138. The maximum Gasteiger partial charge on any atom is 0.451 e. The summed E-state index contributed by atoms with van der Waals surface area (Å²) in [6.07, 6.45) is -4.68. The third-order valence-electron chi connectivity index (χ3n) is 2.74. The number of hydrogen-bond donors (Lipinski definition) is 0. The smallest absolute Gasteiger partial charge is 0.286 e. The predicted octanol–water partition coefficient (Wildman–Crippen LogP) is 4.31. The second kappa shape index (κ2) is 4.88. The van der Waals surface area contributed by atoms with Crippen LogP contribution in [0.5, 0.6) is 0 Å². The predicted molar refractivity (Wildman–Crippen MR) is 74.9 cm³/mol. The molecule has 0 amide bonds. The third kappa shape index (κ3) is 2.56. The molecule has 0 spiro atoms. The fourth-order valence-electron chi connectivity index (χ4n) is 1.82. The van der Waals surface area contributed by atoms with E-state index in [1.807, 2.05) is 6.92 Å². The summed E-state index contributed by atoms with van der Waals surface area (Å²) in [7, 11) is 0. The summed E-state index contributed by atoms with van der Waals surface area (Å²) in [5.41, 5.74) is -0.0527. The van der Waals surface area contributed by atoms with Crippen molar-refractivity contribution in [2.24, 2.45) is 0 Å². The van der Waals surface area contributed by atoms with Gasteiger partial charge in [-0.1, -0.05) is 0 Å². The number of thiophene rings is 2. The Balaban J connectivity index is 2.21. The van der Waals surface area contributed by atoms with Crippen LogP contribution in [-0.2, 0) is 6.18 Å². The summed E-state index contributed by atoms with van der Waals surface area (Å²) in [5, 5.41) is 1.59. The van der Waals surface area contributed by atoms with Gasteiger partial charge in [-0.05, 0) is 30.5 Å². The minimum atomic E-state index is -4.68. The van der Waals surface area contributed by atoms with Crippen molar-refractivity contribution in [3.63, 3.8) is 0 Å². The van der Waals surface area contributed by atoms with Crippen LogP contribution >= 0.6 is 22.7 Å². The van der Waals surface area contributed by atoms with Gasteiger partial charge in [-0.3, -0.25) is 4.79 Å². The van der Waals surface area contributed by atoms with E-state index in [9.17, 15) is 18.0 Å². The van der Waals surface area contributed by atoms with E-state index in [-0.39, 0.29) is 11.2 Å². The van der Waals surface area contributed by atoms with Crippen molar-refractivity contribution in [3.8, 4) is 0 Å². The number of hydrogen-bond acceptors (Lipinski definition) is 5. The third-order valence-corrected chi connectivity index (χ3v) is 4.65. The zero-order chi connectivity index (χ0) is 15.2. The molecule has 21 heavy (non-hydrogen) atoms. The number of alkyl halides is 3. The first-order chi connectivity index (χ1) is 9.86. The van der Waals surface area contributed by atoms with Crippen LogP contribution in [0.25, 0.3) is 10.2 Å². The first-order valence-electron chi connectivity index (χ1n) is 5.80. The maximum absolute atomic E-state index is 12.8. The molecule has 0 aliphatic rings. The van der Waals surface area contributed by atoms with Crippen LogP contribution in [0.2, 0.25) is 0 Å². The Morgan fingerprint density at radius 3 is 2.57 bits per heavy atom. The highest BCUT2D eigenvalue weighted by Crippen LogP contribution is 2.32. The van der Waals surface area contributed by atoms with Crippen molar-refractivity contribution >= 4 is 38.7 Å². The van der Waals surface area contributed by atoms with Crippen molar-refractivity contribution in [2.75, 3.05) is 0 Å². The maximum atomic E-state index is 12.8. The molecule has 3 heterocycles. The molecule has 0 saturated carbocycles. The second-order valence-corrected chi connectivity index (χ2v) is 6.47. The summed E-state index contributed by atoms with van der Waals surface area (Å²) in [5.74, 6) is -1.79.